The van der Waals surface area contributed by atoms with Crippen LogP contribution in [0.4, 0.5) is 0 Å². The predicted molar refractivity (Wildman–Crippen MR) is 113 cm³/mol. The Morgan fingerprint density at radius 3 is 2.69 bits per heavy atom. The first-order chi connectivity index (χ1) is 13.5. The molecule has 1 N–H and O–H groups in total. The number of amides is 1. The number of carbonyl (C=O) groups excluding carboxylic acids is 1. The second kappa shape index (κ2) is 8.75. The summed E-state index contributed by atoms with van der Waals surface area (Å²) in [4.78, 5) is 13.3. The number of nitrogens with zero attached hydrogens (tertiary/aromatic N) is 4. The maximum absolute atomic E-state index is 13.0. The highest BCUT2D eigenvalue weighted by molar-refractivity contribution is 7.08. The number of nitrogens with one attached hydrogen (secondary N) is 1. The van der Waals surface area contributed by atoms with Crippen molar-refractivity contribution in [3.63, 3.8) is 0 Å². The molecule has 3 heterocycles. The van der Waals surface area contributed by atoms with Crippen molar-refractivity contribution in [3.8, 4) is 0 Å². The summed E-state index contributed by atoms with van der Waals surface area (Å²) >= 11 is 1.29. The summed E-state index contributed by atoms with van der Waals surface area (Å²) in [5.41, 5.74) is 3.01. The minimum atomic E-state index is -0.294. The number of benzene rings is 1. The normalized spacial score (nSPS) is 15.9. The number of hydrogen-bond donors (Lipinski definition) is 1. The molecule has 1 aliphatic rings. The Morgan fingerprint density at radius 2 is 2.07 bits per heavy atom. The molecule has 0 saturated heterocycles. The Bertz CT molecular complexity index is 1070. The molecule has 0 bridgehead atoms. The van der Waals surface area contributed by atoms with Crippen molar-refractivity contribution in [2.75, 3.05) is 0 Å². The molecule has 1 atom stereocenters. The van der Waals surface area contributed by atoms with Gasteiger partial charge in [0.2, 0.25) is 4.80 Å². The zero-order chi connectivity index (χ0) is 19.7. The number of aromatic nitrogens is 2. The fraction of sp³-hybridized carbons (Fsp3) is 0.300. The van der Waals surface area contributed by atoms with E-state index in [0.717, 1.165) is 22.7 Å². The van der Waals surface area contributed by atoms with E-state index in [0.29, 0.717) is 12.2 Å². The molecule has 1 aromatic carbocycles. The predicted octanol–water partition coefficient (Wildman–Crippen LogP) is 3.69. The zero-order valence-electron chi connectivity index (χ0n) is 16.2. The molecule has 3 aromatic rings. The lowest BCUT2D eigenvalue weighted by Crippen LogP contribution is -2.33. The molecule has 4 rings (SSSR count). The molecule has 152 valence electrons. The van der Waals surface area contributed by atoms with Crippen molar-refractivity contribution in [1.29, 1.82) is 5.41 Å². The van der Waals surface area contributed by atoms with Crippen LogP contribution < -0.4 is 4.80 Å². The number of halogens is 1. The SMILES string of the molecule is CCc1nn(CC(=O)N2N=C(c3ccc(C)cc3)CC2c2ccco2)c(=N)s1.Cl. The van der Waals surface area contributed by atoms with Gasteiger partial charge >= 0.3 is 0 Å². The fourth-order valence-electron chi connectivity index (χ4n) is 3.18. The number of rotatable bonds is 5. The van der Waals surface area contributed by atoms with Gasteiger partial charge in [0.05, 0.1) is 12.0 Å². The van der Waals surface area contributed by atoms with E-state index in [4.69, 9.17) is 9.83 Å². The third kappa shape index (κ3) is 4.33. The average molecular weight is 432 g/mol. The number of aryl methyl sites for hydroxylation is 2. The van der Waals surface area contributed by atoms with Crippen LogP contribution in [-0.2, 0) is 17.8 Å². The first kappa shape index (κ1) is 21.0. The minimum Gasteiger partial charge on any atom is -0.467 e. The van der Waals surface area contributed by atoms with Gasteiger partial charge in [-0.3, -0.25) is 10.2 Å². The van der Waals surface area contributed by atoms with E-state index in [-0.39, 0.29) is 35.7 Å². The quantitative estimate of drug-likeness (QED) is 0.668. The summed E-state index contributed by atoms with van der Waals surface area (Å²) in [6, 6.07) is 11.5. The van der Waals surface area contributed by atoms with Crippen molar-refractivity contribution in [2.24, 2.45) is 5.10 Å². The highest BCUT2D eigenvalue weighted by Gasteiger charge is 2.35. The Morgan fingerprint density at radius 1 is 1.31 bits per heavy atom. The van der Waals surface area contributed by atoms with Crippen molar-refractivity contribution in [2.45, 2.75) is 39.3 Å². The summed E-state index contributed by atoms with van der Waals surface area (Å²) in [5.74, 6) is 0.484. The van der Waals surface area contributed by atoms with Crippen LogP contribution in [0, 0.1) is 12.3 Å². The highest BCUT2D eigenvalue weighted by atomic mass is 35.5. The summed E-state index contributed by atoms with van der Waals surface area (Å²) in [6.07, 6.45) is 2.93. The molecule has 0 spiro atoms. The van der Waals surface area contributed by atoms with E-state index in [9.17, 15) is 4.79 Å². The fourth-order valence-corrected chi connectivity index (χ4v) is 3.90. The first-order valence-electron chi connectivity index (χ1n) is 9.16. The topological polar surface area (TPSA) is 87.5 Å². The molecule has 0 aliphatic carbocycles. The second-order valence-electron chi connectivity index (χ2n) is 6.70. The molecule has 1 unspecified atom stereocenters. The van der Waals surface area contributed by atoms with Crippen LogP contribution in [0.15, 0.2) is 52.2 Å². The third-order valence-corrected chi connectivity index (χ3v) is 5.70. The zero-order valence-corrected chi connectivity index (χ0v) is 17.8. The van der Waals surface area contributed by atoms with E-state index < -0.39 is 0 Å². The van der Waals surface area contributed by atoms with Gasteiger partial charge in [-0.25, -0.2) is 9.69 Å². The van der Waals surface area contributed by atoms with Crippen molar-refractivity contribution >= 4 is 35.4 Å². The lowest BCUT2D eigenvalue weighted by molar-refractivity contribution is -0.134. The summed E-state index contributed by atoms with van der Waals surface area (Å²) in [6.45, 7) is 4.00. The summed E-state index contributed by atoms with van der Waals surface area (Å²) < 4.78 is 7.01. The monoisotopic (exact) mass is 431 g/mol. The molecule has 2 aromatic heterocycles. The number of hydrogen-bond acceptors (Lipinski definition) is 6. The first-order valence-corrected chi connectivity index (χ1v) is 9.98. The maximum Gasteiger partial charge on any atom is 0.265 e. The molecule has 9 heteroatoms. The number of furan rings is 1. The highest BCUT2D eigenvalue weighted by Crippen LogP contribution is 2.33. The lowest BCUT2D eigenvalue weighted by atomic mass is 10.0. The van der Waals surface area contributed by atoms with Gasteiger partial charge in [-0.1, -0.05) is 48.1 Å². The Labute approximate surface area is 178 Å². The number of carbonyl (C=O) groups is 1. The molecular formula is C20H22ClN5O2S. The van der Waals surface area contributed by atoms with Gasteiger partial charge in [0.25, 0.3) is 5.91 Å². The molecule has 1 aliphatic heterocycles. The van der Waals surface area contributed by atoms with Gasteiger partial charge in [-0.15, -0.1) is 12.4 Å². The van der Waals surface area contributed by atoms with Crippen molar-refractivity contribution in [3.05, 3.63) is 69.4 Å². The van der Waals surface area contributed by atoms with Crippen LogP contribution in [0.1, 0.15) is 41.3 Å². The van der Waals surface area contributed by atoms with Crippen LogP contribution in [0.3, 0.4) is 0 Å². The molecule has 29 heavy (non-hydrogen) atoms. The van der Waals surface area contributed by atoms with Crippen LogP contribution in [0.2, 0.25) is 0 Å². The number of hydrazone groups is 1. The lowest BCUT2D eigenvalue weighted by Gasteiger charge is -2.19. The van der Waals surface area contributed by atoms with Gasteiger partial charge in [-0.2, -0.15) is 10.2 Å². The van der Waals surface area contributed by atoms with Gasteiger partial charge in [0.15, 0.2) is 0 Å². The Balaban J connectivity index is 0.00000240. The Hall–Kier alpha value is -2.71. The van der Waals surface area contributed by atoms with Crippen molar-refractivity contribution < 1.29 is 9.21 Å². The van der Waals surface area contributed by atoms with Gasteiger partial charge in [0.1, 0.15) is 23.4 Å². The van der Waals surface area contributed by atoms with Gasteiger partial charge < -0.3 is 4.42 Å². The molecule has 1 amide bonds. The largest absolute Gasteiger partial charge is 0.467 e. The molecule has 7 nitrogen and oxygen atoms in total. The molecule has 0 fully saturated rings. The molecule has 0 radical (unpaired) electrons. The third-order valence-electron chi connectivity index (χ3n) is 4.69. The van der Waals surface area contributed by atoms with E-state index in [1.807, 2.05) is 50.2 Å². The average Bonchev–Trinajstić information content (AvgIpc) is 3.42. The summed E-state index contributed by atoms with van der Waals surface area (Å²) in [5, 5.41) is 19.3. The van der Waals surface area contributed by atoms with E-state index in [1.54, 1.807) is 6.26 Å². The van der Waals surface area contributed by atoms with Crippen LogP contribution >= 0.6 is 23.7 Å². The molecular weight excluding hydrogens is 410 g/mol. The van der Waals surface area contributed by atoms with Crippen LogP contribution in [-0.4, -0.2) is 26.4 Å². The second-order valence-corrected chi connectivity index (χ2v) is 7.76. The molecule has 0 saturated carbocycles. The maximum atomic E-state index is 13.0. The Kier molecular flexibility index (Phi) is 6.34. The van der Waals surface area contributed by atoms with Crippen molar-refractivity contribution in [1.82, 2.24) is 14.8 Å². The van der Waals surface area contributed by atoms with E-state index in [2.05, 4.69) is 10.2 Å². The van der Waals surface area contributed by atoms with E-state index in [1.165, 1.54) is 26.6 Å². The summed E-state index contributed by atoms with van der Waals surface area (Å²) in [7, 11) is 0. The van der Waals surface area contributed by atoms with Gasteiger partial charge in [-0.05, 0) is 31.0 Å². The van der Waals surface area contributed by atoms with E-state index >= 15 is 0 Å². The van der Waals surface area contributed by atoms with Crippen LogP contribution in [0.5, 0.6) is 0 Å². The minimum absolute atomic E-state index is 0. The smallest absolute Gasteiger partial charge is 0.265 e. The van der Waals surface area contributed by atoms with Crippen LogP contribution in [0.25, 0.3) is 0 Å². The standard InChI is InChI=1S/C20H21N5O2S.ClH/c1-3-18-23-24(20(21)28-18)12-19(26)25-16(17-5-4-10-27-17)11-15(22-25)14-8-6-13(2)7-9-14;/h4-10,16,21H,3,11-12H2,1-2H3;1H. The van der Waals surface area contributed by atoms with Gasteiger partial charge in [0, 0.05) is 6.42 Å².